The molecule has 0 aliphatic rings. The molecule has 0 spiro atoms. The molecule has 0 unspecified atom stereocenters. The molecule has 2 aromatic carbocycles. The van der Waals surface area contributed by atoms with Gasteiger partial charge in [-0.25, -0.2) is 14.2 Å². The van der Waals surface area contributed by atoms with Gasteiger partial charge < -0.3 is 13.6 Å². The van der Waals surface area contributed by atoms with Crippen LogP contribution in [-0.4, -0.2) is 11.0 Å². The standard InChI is InChI=1S/C20H14FNO4/c1-12-16-9-14(21)7-8-17(16)26-18(12)20(23)25-11-15-10-24-19(22-15)13-5-3-2-4-6-13/h2-10H,11H2,1H3. The Labute approximate surface area is 148 Å². The maximum absolute atomic E-state index is 13.4. The highest BCUT2D eigenvalue weighted by Gasteiger charge is 2.20. The molecule has 0 saturated carbocycles. The molecule has 0 N–H and O–H groups in total. The Morgan fingerprint density at radius 2 is 2.00 bits per heavy atom. The Hall–Kier alpha value is -3.41. The Kier molecular flexibility index (Phi) is 4.01. The quantitative estimate of drug-likeness (QED) is 0.490. The molecule has 0 atom stereocenters. The highest BCUT2D eigenvalue weighted by molar-refractivity contribution is 5.95. The van der Waals surface area contributed by atoms with Gasteiger partial charge in [-0.2, -0.15) is 0 Å². The van der Waals surface area contributed by atoms with Crippen molar-refractivity contribution in [1.82, 2.24) is 4.98 Å². The second-order valence-electron chi connectivity index (χ2n) is 5.78. The van der Waals surface area contributed by atoms with Crippen LogP contribution in [0.3, 0.4) is 0 Å². The second-order valence-corrected chi connectivity index (χ2v) is 5.78. The predicted molar refractivity (Wildman–Crippen MR) is 92.0 cm³/mol. The first-order valence-corrected chi connectivity index (χ1v) is 7.97. The van der Waals surface area contributed by atoms with Crippen molar-refractivity contribution in [3.05, 3.63) is 77.6 Å². The molecule has 0 fully saturated rings. The summed E-state index contributed by atoms with van der Waals surface area (Å²) in [6, 6.07) is 13.5. The zero-order valence-corrected chi connectivity index (χ0v) is 13.9. The lowest BCUT2D eigenvalue weighted by molar-refractivity contribution is 0.0432. The molecule has 0 radical (unpaired) electrons. The highest BCUT2D eigenvalue weighted by Crippen LogP contribution is 2.27. The van der Waals surface area contributed by atoms with Crippen molar-refractivity contribution in [2.45, 2.75) is 13.5 Å². The van der Waals surface area contributed by atoms with E-state index in [1.54, 1.807) is 6.92 Å². The number of oxazole rings is 1. The number of ether oxygens (including phenoxy) is 1. The van der Waals surface area contributed by atoms with Gasteiger partial charge in [0.15, 0.2) is 0 Å². The topological polar surface area (TPSA) is 65.5 Å². The number of halogens is 1. The summed E-state index contributed by atoms with van der Waals surface area (Å²) in [6.45, 7) is 1.63. The molecule has 26 heavy (non-hydrogen) atoms. The van der Waals surface area contributed by atoms with Crippen LogP contribution in [0.2, 0.25) is 0 Å². The minimum Gasteiger partial charge on any atom is -0.453 e. The number of fused-ring (bicyclic) bond motifs is 1. The van der Waals surface area contributed by atoms with Crippen molar-refractivity contribution >= 4 is 16.9 Å². The van der Waals surface area contributed by atoms with Gasteiger partial charge >= 0.3 is 5.97 Å². The average molecular weight is 351 g/mol. The van der Waals surface area contributed by atoms with E-state index in [-0.39, 0.29) is 12.4 Å². The Balaban J connectivity index is 1.49. The number of aromatic nitrogens is 1. The monoisotopic (exact) mass is 351 g/mol. The van der Waals surface area contributed by atoms with Crippen molar-refractivity contribution in [2.75, 3.05) is 0 Å². The molecule has 0 bridgehead atoms. The first-order valence-electron chi connectivity index (χ1n) is 7.97. The van der Waals surface area contributed by atoms with Gasteiger partial charge in [0.25, 0.3) is 0 Å². The predicted octanol–water partition coefficient (Wildman–Crippen LogP) is 4.89. The van der Waals surface area contributed by atoms with E-state index in [0.717, 1.165) is 5.56 Å². The molecule has 2 aromatic heterocycles. The van der Waals surface area contributed by atoms with Crippen molar-refractivity contribution in [3.63, 3.8) is 0 Å². The van der Waals surface area contributed by atoms with E-state index in [4.69, 9.17) is 13.6 Å². The molecule has 0 aliphatic carbocycles. The van der Waals surface area contributed by atoms with Gasteiger partial charge in [0.05, 0.1) is 0 Å². The third kappa shape index (κ3) is 2.97. The van der Waals surface area contributed by atoms with Gasteiger partial charge in [-0.3, -0.25) is 0 Å². The molecule has 130 valence electrons. The Morgan fingerprint density at radius 3 is 2.81 bits per heavy atom. The number of esters is 1. The first kappa shape index (κ1) is 16.1. The van der Waals surface area contributed by atoms with Gasteiger partial charge in [-0.15, -0.1) is 0 Å². The van der Waals surface area contributed by atoms with Crippen molar-refractivity contribution in [1.29, 1.82) is 0 Å². The van der Waals surface area contributed by atoms with Crippen molar-refractivity contribution < 1.29 is 22.8 Å². The van der Waals surface area contributed by atoms with E-state index in [1.807, 2.05) is 30.3 Å². The number of carbonyl (C=O) groups excluding carboxylic acids is 1. The summed E-state index contributed by atoms with van der Waals surface area (Å²) in [7, 11) is 0. The van der Waals surface area contributed by atoms with Crippen LogP contribution in [0.25, 0.3) is 22.4 Å². The number of furan rings is 1. The highest BCUT2D eigenvalue weighted by atomic mass is 19.1. The van der Waals surface area contributed by atoms with Crippen LogP contribution in [0.1, 0.15) is 21.8 Å². The molecule has 0 amide bonds. The summed E-state index contributed by atoms with van der Waals surface area (Å²) >= 11 is 0. The number of hydrogen-bond acceptors (Lipinski definition) is 5. The smallest absolute Gasteiger partial charge is 0.374 e. The molecule has 0 aliphatic heterocycles. The molecule has 6 heteroatoms. The van der Waals surface area contributed by atoms with Crippen LogP contribution in [0, 0.1) is 12.7 Å². The molecular weight excluding hydrogens is 337 g/mol. The van der Waals surface area contributed by atoms with Crippen molar-refractivity contribution in [2.24, 2.45) is 0 Å². The van der Waals surface area contributed by atoms with E-state index in [0.29, 0.717) is 28.1 Å². The fourth-order valence-electron chi connectivity index (χ4n) is 2.68. The number of hydrogen-bond donors (Lipinski definition) is 0. The number of rotatable bonds is 4. The van der Waals surface area contributed by atoms with Crippen LogP contribution in [0.15, 0.2) is 63.6 Å². The van der Waals surface area contributed by atoms with Crippen molar-refractivity contribution in [3.8, 4) is 11.5 Å². The van der Waals surface area contributed by atoms with Gasteiger partial charge in [0.1, 0.15) is 30.0 Å². The first-order chi connectivity index (χ1) is 12.6. The lowest BCUT2D eigenvalue weighted by Gasteiger charge is -2.00. The largest absolute Gasteiger partial charge is 0.453 e. The zero-order valence-electron chi connectivity index (χ0n) is 13.9. The number of carbonyl (C=O) groups is 1. The van der Waals surface area contributed by atoms with Crippen LogP contribution in [0.5, 0.6) is 0 Å². The van der Waals surface area contributed by atoms with Gasteiger partial charge in [-0.05, 0) is 37.3 Å². The third-order valence-electron chi connectivity index (χ3n) is 4.01. The lowest BCUT2D eigenvalue weighted by Crippen LogP contribution is -2.05. The molecule has 5 nitrogen and oxygen atoms in total. The average Bonchev–Trinajstić information content (AvgIpc) is 3.26. The minimum absolute atomic E-state index is 0.0531. The van der Waals surface area contributed by atoms with Crippen LogP contribution in [0.4, 0.5) is 4.39 Å². The third-order valence-corrected chi connectivity index (χ3v) is 4.01. The maximum atomic E-state index is 13.4. The van der Waals surface area contributed by atoms with Gasteiger partial charge in [-0.1, -0.05) is 18.2 Å². The molecular formula is C20H14FNO4. The van der Waals surface area contributed by atoms with Gasteiger partial charge in [0, 0.05) is 16.5 Å². The maximum Gasteiger partial charge on any atom is 0.374 e. The lowest BCUT2D eigenvalue weighted by atomic mass is 10.1. The summed E-state index contributed by atoms with van der Waals surface area (Å²) in [5, 5.41) is 0.546. The summed E-state index contributed by atoms with van der Waals surface area (Å²) in [6.07, 6.45) is 1.44. The molecule has 0 saturated heterocycles. The Morgan fingerprint density at radius 1 is 1.19 bits per heavy atom. The molecule has 2 heterocycles. The van der Waals surface area contributed by atoms with Crippen LogP contribution < -0.4 is 0 Å². The van der Waals surface area contributed by atoms with E-state index >= 15 is 0 Å². The van der Waals surface area contributed by atoms with E-state index < -0.39 is 11.8 Å². The Bertz CT molecular complexity index is 1080. The summed E-state index contributed by atoms with van der Waals surface area (Å²) in [4.78, 5) is 16.6. The zero-order chi connectivity index (χ0) is 18.1. The molecule has 4 rings (SSSR count). The molecule has 4 aromatic rings. The second kappa shape index (κ2) is 6.48. The van der Waals surface area contributed by atoms with Gasteiger partial charge in [0.2, 0.25) is 11.7 Å². The SMILES string of the molecule is Cc1c(C(=O)OCc2coc(-c3ccccc3)n2)oc2ccc(F)cc12. The number of aryl methyl sites for hydroxylation is 1. The summed E-state index contributed by atoms with van der Waals surface area (Å²) < 4.78 is 29.5. The fraction of sp³-hybridized carbons (Fsp3) is 0.100. The van der Waals surface area contributed by atoms with Crippen LogP contribution >= 0.6 is 0 Å². The van der Waals surface area contributed by atoms with E-state index in [9.17, 15) is 9.18 Å². The fourth-order valence-corrected chi connectivity index (χ4v) is 2.68. The van der Waals surface area contributed by atoms with E-state index in [1.165, 1.54) is 24.5 Å². The summed E-state index contributed by atoms with van der Waals surface area (Å²) in [5.74, 6) is -0.523. The number of nitrogens with zero attached hydrogens (tertiary/aromatic N) is 1. The number of benzene rings is 2. The minimum atomic E-state index is -0.636. The van der Waals surface area contributed by atoms with E-state index in [2.05, 4.69) is 4.98 Å². The summed E-state index contributed by atoms with van der Waals surface area (Å²) in [5.41, 5.74) is 2.29. The van der Waals surface area contributed by atoms with Crippen LogP contribution in [-0.2, 0) is 11.3 Å². The normalized spacial score (nSPS) is 11.0.